The summed E-state index contributed by atoms with van der Waals surface area (Å²) in [4.78, 5) is 7.39. The summed E-state index contributed by atoms with van der Waals surface area (Å²) in [5, 5.41) is 10.6. The lowest BCUT2D eigenvalue weighted by molar-refractivity contribution is 0.272. The first-order valence-corrected chi connectivity index (χ1v) is 14.1. The summed E-state index contributed by atoms with van der Waals surface area (Å²) >= 11 is 0. The molecule has 0 aromatic heterocycles. The molecule has 0 aliphatic carbocycles. The van der Waals surface area contributed by atoms with Crippen LogP contribution in [-0.4, -0.2) is 29.9 Å². The van der Waals surface area contributed by atoms with E-state index in [0.717, 1.165) is 61.9 Å². The number of piperidine rings is 1. The zero-order valence-corrected chi connectivity index (χ0v) is 23.7. The van der Waals surface area contributed by atoms with Gasteiger partial charge in [-0.2, -0.15) is 0 Å². The third-order valence-electron chi connectivity index (χ3n) is 7.41. The second-order valence-corrected chi connectivity index (χ2v) is 10.3. The van der Waals surface area contributed by atoms with Gasteiger partial charge in [-0.15, -0.1) is 0 Å². The molecule has 5 nitrogen and oxygen atoms in total. The molecule has 204 valence electrons. The van der Waals surface area contributed by atoms with Gasteiger partial charge in [-0.3, -0.25) is 4.99 Å². The number of hydrogen-bond donors (Lipinski definition) is 3. The van der Waals surface area contributed by atoms with Crippen molar-refractivity contribution in [2.24, 2.45) is 4.99 Å². The molecular weight excluding hydrogens is 478 g/mol. The summed E-state index contributed by atoms with van der Waals surface area (Å²) in [5.41, 5.74) is 6.98. The number of nitrogens with one attached hydrogen (secondary N) is 3. The molecule has 4 rings (SSSR count). The molecule has 1 heterocycles. The highest BCUT2D eigenvalue weighted by molar-refractivity contribution is 5.95. The van der Waals surface area contributed by atoms with Gasteiger partial charge in [0.1, 0.15) is 0 Å². The van der Waals surface area contributed by atoms with Crippen LogP contribution in [0.2, 0.25) is 0 Å². The zero-order valence-electron chi connectivity index (χ0n) is 23.7. The van der Waals surface area contributed by atoms with Crippen molar-refractivity contribution in [2.45, 2.75) is 58.7 Å². The highest BCUT2D eigenvalue weighted by Crippen LogP contribution is 2.29. The fourth-order valence-corrected chi connectivity index (χ4v) is 5.23. The van der Waals surface area contributed by atoms with E-state index in [-0.39, 0.29) is 6.04 Å². The number of hydrogen-bond acceptors (Lipinski definition) is 4. The molecule has 5 heteroatoms. The lowest BCUT2D eigenvalue weighted by Gasteiger charge is -2.37. The number of anilines is 1. The van der Waals surface area contributed by atoms with E-state index in [2.05, 4.69) is 115 Å². The maximum Gasteiger partial charge on any atom is 0.0983 e. The maximum atomic E-state index is 4.99. The van der Waals surface area contributed by atoms with Crippen molar-refractivity contribution < 1.29 is 0 Å². The smallest absolute Gasteiger partial charge is 0.0983 e. The third kappa shape index (κ3) is 7.76. The molecule has 3 N–H and O–H groups in total. The molecule has 1 aliphatic heterocycles. The molecular formula is C34H43N5. The number of benzene rings is 3. The van der Waals surface area contributed by atoms with Crippen LogP contribution in [0.25, 0.3) is 5.70 Å². The van der Waals surface area contributed by atoms with E-state index >= 15 is 0 Å². The zero-order chi connectivity index (χ0) is 27.6. The van der Waals surface area contributed by atoms with E-state index in [1.807, 2.05) is 19.1 Å². The molecule has 0 amide bonds. The first-order valence-electron chi connectivity index (χ1n) is 14.1. The van der Waals surface area contributed by atoms with Crippen LogP contribution in [0, 0.1) is 6.92 Å². The van der Waals surface area contributed by atoms with E-state index in [1.165, 1.54) is 22.3 Å². The Labute approximate surface area is 234 Å². The number of aliphatic imine (C=N–C) groups is 1. The van der Waals surface area contributed by atoms with Crippen LogP contribution in [-0.2, 0) is 6.54 Å². The fraction of sp³-hybridized carbons (Fsp3) is 0.324. The first-order chi connectivity index (χ1) is 18.9. The maximum absolute atomic E-state index is 4.99. The van der Waals surface area contributed by atoms with Gasteiger partial charge in [0.05, 0.1) is 17.7 Å². The Morgan fingerprint density at radius 3 is 2.44 bits per heavy atom. The minimum atomic E-state index is 0.145. The molecule has 1 fully saturated rings. The number of nitrogens with zero attached hydrogens (tertiary/aromatic N) is 2. The van der Waals surface area contributed by atoms with Gasteiger partial charge in [-0.1, -0.05) is 92.9 Å². The average Bonchev–Trinajstić information content (AvgIpc) is 2.97. The van der Waals surface area contributed by atoms with Crippen molar-refractivity contribution in [1.29, 1.82) is 0 Å². The minimum Gasteiger partial charge on any atom is -0.369 e. The van der Waals surface area contributed by atoms with Gasteiger partial charge < -0.3 is 20.9 Å². The SMILES string of the molecule is C=C(NCc1ccccc1)NC1CCCN(C(=C)c2cccc(NC(C)=N[C@H](CC)c3ccccc3)c2C)C1. The number of amidine groups is 1. The van der Waals surface area contributed by atoms with Gasteiger partial charge in [0.15, 0.2) is 0 Å². The summed E-state index contributed by atoms with van der Waals surface area (Å²) in [5.74, 6) is 1.79. The van der Waals surface area contributed by atoms with Crippen molar-refractivity contribution in [2.75, 3.05) is 18.4 Å². The Kier molecular flexibility index (Phi) is 9.85. The van der Waals surface area contributed by atoms with E-state index in [0.29, 0.717) is 6.04 Å². The standard InChI is InChI=1S/C34H43N5/c1-6-33(30-17-11-8-12-18-30)37-28(5)38-34-21-13-20-32(25(34)2)26(3)39-22-14-19-31(24-39)36-27(4)35-23-29-15-9-7-10-16-29/h7-13,15-18,20-21,31,33,35-36H,3-4,6,14,19,22-24H2,1-2,5H3,(H,37,38)/t31?,33-/m1/s1. The van der Waals surface area contributed by atoms with Gasteiger partial charge in [0.25, 0.3) is 0 Å². The summed E-state index contributed by atoms with van der Waals surface area (Å²) in [6.07, 6.45) is 3.19. The van der Waals surface area contributed by atoms with Crippen LogP contribution in [0.5, 0.6) is 0 Å². The first kappa shape index (κ1) is 28.0. The number of rotatable bonds is 11. The highest BCUT2D eigenvalue weighted by atomic mass is 15.2. The minimum absolute atomic E-state index is 0.145. The van der Waals surface area contributed by atoms with E-state index in [1.54, 1.807) is 0 Å². The fourth-order valence-electron chi connectivity index (χ4n) is 5.23. The Morgan fingerprint density at radius 2 is 1.72 bits per heavy atom. The van der Waals surface area contributed by atoms with E-state index in [9.17, 15) is 0 Å². The molecule has 2 atom stereocenters. The molecule has 1 unspecified atom stereocenters. The van der Waals surface area contributed by atoms with Crippen LogP contribution >= 0.6 is 0 Å². The Bertz CT molecular complexity index is 1270. The van der Waals surface area contributed by atoms with Crippen LogP contribution in [0.1, 0.15) is 61.4 Å². The summed E-state index contributed by atoms with van der Waals surface area (Å²) in [6.45, 7) is 17.8. The van der Waals surface area contributed by atoms with Crippen molar-refractivity contribution in [1.82, 2.24) is 15.5 Å². The molecule has 3 aromatic carbocycles. The van der Waals surface area contributed by atoms with Crippen molar-refractivity contribution in [3.63, 3.8) is 0 Å². The second kappa shape index (κ2) is 13.7. The van der Waals surface area contributed by atoms with Crippen LogP contribution in [0.4, 0.5) is 5.69 Å². The predicted octanol–water partition coefficient (Wildman–Crippen LogP) is 7.26. The molecule has 39 heavy (non-hydrogen) atoms. The molecule has 0 bridgehead atoms. The van der Waals surface area contributed by atoms with Gasteiger partial charge in [0, 0.05) is 42.6 Å². The highest BCUT2D eigenvalue weighted by Gasteiger charge is 2.23. The Morgan fingerprint density at radius 1 is 1.00 bits per heavy atom. The summed E-state index contributed by atoms with van der Waals surface area (Å²) in [7, 11) is 0. The van der Waals surface area contributed by atoms with Crippen molar-refractivity contribution >= 4 is 17.2 Å². The Hall–Kier alpha value is -3.99. The van der Waals surface area contributed by atoms with Gasteiger partial charge in [-0.05, 0) is 55.9 Å². The van der Waals surface area contributed by atoms with Gasteiger partial charge in [0.2, 0.25) is 0 Å². The predicted molar refractivity (Wildman–Crippen MR) is 167 cm³/mol. The van der Waals surface area contributed by atoms with E-state index < -0.39 is 0 Å². The normalized spacial score (nSPS) is 16.3. The van der Waals surface area contributed by atoms with Crippen molar-refractivity contribution in [3.8, 4) is 0 Å². The lowest BCUT2D eigenvalue weighted by atomic mass is 10.00. The molecule has 0 spiro atoms. The summed E-state index contributed by atoms with van der Waals surface area (Å²) in [6, 6.07) is 27.8. The monoisotopic (exact) mass is 521 g/mol. The van der Waals surface area contributed by atoms with Crippen molar-refractivity contribution in [3.05, 3.63) is 120 Å². The molecule has 1 aliphatic rings. The molecule has 1 saturated heterocycles. The van der Waals surface area contributed by atoms with Crippen LogP contribution in [0.3, 0.4) is 0 Å². The molecule has 0 saturated carbocycles. The second-order valence-electron chi connectivity index (χ2n) is 10.3. The third-order valence-corrected chi connectivity index (χ3v) is 7.41. The average molecular weight is 522 g/mol. The largest absolute Gasteiger partial charge is 0.369 e. The van der Waals surface area contributed by atoms with Crippen LogP contribution < -0.4 is 16.0 Å². The van der Waals surface area contributed by atoms with Gasteiger partial charge in [-0.25, -0.2) is 0 Å². The number of likely N-dealkylation sites (tertiary alicyclic amines) is 1. The Balaban J connectivity index is 1.37. The quantitative estimate of drug-likeness (QED) is 0.184. The van der Waals surface area contributed by atoms with E-state index in [4.69, 9.17) is 4.99 Å². The molecule has 3 aromatic rings. The van der Waals surface area contributed by atoms with Gasteiger partial charge >= 0.3 is 0 Å². The van der Waals surface area contributed by atoms with Crippen LogP contribution in [0.15, 0.2) is 103 Å². The summed E-state index contributed by atoms with van der Waals surface area (Å²) < 4.78 is 0. The molecule has 0 radical (unpaired) electrons. The lowest BCUT2D eigenvalue weighted by Crippen LogP contribution is -2.46. The topological polar surface area (TPSA) is 51.7 Å².